The van der Waals surface area contributed by atoms with Gasteiger partial charge in [0.25, 0.3) is 0 Å². The molecule has 0 aromatic heterocycles. The van der Waals surface area contributed by atoms with Gasteiger partial charge in [0.15, 0.2) is 5.96 Å². The lowest BCUT2D eigenvalue weighted by Crippen LogP contribution is -2.22. The topological polar surface area (TPSA) is 73.6 Å². The number of benzene rings is 2. The summed E-state index contributed by atoms with van der Waals surface area (Å²) in [6.45, 7) is 1.34. The maximum atomic E-state index is 5.65. The predicted molar refractivity (Wildman–Crippen MR) is 85.2 cm³/mol. The van der Waals surface area contributed by atoms with Crippen molar-refractivity contribution in [1.82, 2.24) is 0 Å². The van der Waals surface area contributed by atoms with Crippen molar-refractivity contribution < 1.29 is 4.74 Å². The smallest absolute Gasteiger partial charge is 0.186 e. The van der Waals surface area contributed by atoms with E-state index in [1.165, 1.54) is 16.7 Å². The van der Waals surface area contributed by atoms with E-state index in [-0.39, 0.29) is 5.96 Å². The number of guanidine groups is 1. The Morgan fingerprint density at radius 3 is 2.57 bits per heavy atom. The first kappa shape index (κ1) is 13.5. The van der Waals surface area contributed by atoms with Gasteiger partial charge in [-0.15, -0.1) is 0 Å². The normalized spacial score (nSPS) is 13.1. The Hall–Kier alpha value is -2.49. The lowest BCUT2D eigenvalue weighted by molar-refractivity contribution is 0.288. The summed E-state index contributed by atoms with van der Waals surface area (Å²) in [4.78, 5) is 4.01. The fourth-order valence-corrected chi connectivity index (χ4v) is 2.53. The Labute approximate surface area is 124 Å². The fraction of sp³-hybridized carbons (Fsp3) is 0.235. The SMILES string of the molecule is NC(N)=NCc1ccc(-c2ccc3c(c2)CCCO3)cc1. The van der Waals surface area contributed by atoms with Gasteiger partial charge in [0, 0.05) is 0 Å². The number of hydrogen-bond donors (Lipinski definition) is 2. The van der Waals surface area contributed by atoms with E-state index in [0.29, 0.717) is 6.54 Å². The third-order valence-electron chi connectivity index (χ3n) is 3.64. The molecule has 0 aliphatic carbocycles. The summed E-state index contributed by atoms with van der Waals surface area (Å²) >= 11 is 0. The van der Waals surface area contributed by atoms with Crippen LogP contribution in [0.3, 0.4) is 0 Å². The lowest BCUT2D eigenvalue weighted by Gasteiger charge is -2.18. The number of ether oxygens (including phenoxy) is 1. The van der Waals surface area contributed by atoms with Gasteiger partial charge in [0.2, 0.25) is 0 Å². The quantitative estimate of drug-likeness (QED) is 0.670. The number of nitrogens with zero attached hydrogens (tertiary/aromatic N) is 1. The third-order valence-corrected chi connectivity index (χ3v) is 3.64. The average molecular weight is 281 g/mol. The van der Waals surface area contributed by atoms with Crippen LogP contribution in [0.5, 0.6) is 5.75 Å². The van der Waals surface area contributed by atoms with Crippen LogP contribution in [-0.2, 0) is 13.0 Å². The van der Waals surface area contributed by atoms with E-state index in [0.717, 1.165) is 30.8 Å². The maximum Gasteiger partial charge on any atom is 0.186 e. The van der Waals surface area contributed by atoms with Crippen LogP contribution in [0.4, 0.5) is 0 Å². The van der Waals surface area contributed by atoms with Gasteiger partial charge >= 0.3 is 0 Å². The highest BCUT2D eigenvalue weighted by atomic mass is 16.5. The highest BCUT2D eigenvalue weighted by Gasteiger charge is 2.11. The van der Waals surface area contributed by atoms with Crippen molar-refractivity contribution >= 4 is 5.96 Å². The number of aryl methyl sites for hydroxylation is 1. The summed E-state index contributed by atoms with van der Waals surface area (Å²) in [5.74, 6) is 1.14. The number of fused-ring (bicyclic) bond motifs is 1. The second-order valence-corrected chi connectivity index (χ2v) is 5.21. The zero-order valence-electron chi connectivity index (χ0n) is 11.9. The minimum atomic E-state index is 0.119. The maximum absolute atomic E-state index is 5.65. The Morgan fingerprint density at radius 1 is 1.05 bits per heavy atom. The second-order valence-electron chi connectivity index (χ2n) is 5.21. The van der Waals surface area contributed by atoms with E-state index < -0.39 is 0 Å². The summed E-state index contributed by atoms with van der Waals surface area (Å²) < 4.78 is 5.65. The van der Waals surface area contributed by atoms with Crippen LogP contribution in [0, 0.1) is 0 Å². The van der Waals surface area contributed by atoms with Crippen LogP contribution < -0.4 is 16.2 Å². The molecule has 0 saturated heterocycles. The van der Waals surface area contributed by atoms with Gasteiger partial charge in [0.1, 0.15) is 5.75 Å². The van der Waals surface area contributed by atoms with Crippen molar-refractivity contribution in [2.45, 2.75) is 19.4 Å². The molecular formula is C17H19N3O. The van der Waals surface area contributed by atoms with Crippen molar-refractivity contribution in [1.29, 1.82) is 0 Å². The van der Waals surface area contributed by atoms with E-state index in [2.05, 4.69) is 47.5 Å². The zero-order valence-corrected chi connectivity index (χ0v) is 11.9. The highest BCUT2D eigenvalue weighted by Crippen LogP contribution is 2.30. The van der Waals surface area contributed by atoms with Crippen LogP contribution in [-0.4, -0.2) is 12.6 Å². The predicted octanol–water partition coefficient (Wildman–Crippen LogP) is 2.45. The van der Waals surface area contributed by atoms with Gasteiger partial charge in [-0.1, -0.05) is 30.3 Å². The summed E-state index contributed by atoms with van der Waals surface area (Å²) in [6, 6.07) is 14.7. The van der Waals surface area contributed by atoms with Crippen LogP contribution >= 0.6 is 0 Å². The van der Waals surface area contributed by atoms with Crippen molar-refractivity contribution in [3.8, 4) is 16.9 Å². The lowest BCUT2D eigenvalue weighted by atomic mass is 9.98. The molecule has 0 unspecified atom stereocenters. The molecular weight excluding hydrogens is 262 g/mol. The summed E-state index contributed by atoms with van der Waals surface area (Å²) in [7, 11) is 0. The molecule has 4 N–H and O–H groups in total. The summed E-state index contributed by atoms with van der Waals surface area (Å²) in [5.41, 5.74) is 15.5. The molecule has 21 heavy (non-hydrogen) atoms. The molecule has 2 aromatic carbocycles. The fourth-order valence-electron chi connectivity index (χ4n) is 2.53. The molecule has 0 spiro atoms. The molecule has 4 heteroatoms. The van der Waals surface area contributed by atoms with Gasteiger partial charge in [0.05, 0.1) is 13.2 Å². The largest absolute Gasteiger partial charge is 0.493 e. The van der Waals surface area contributed by atoms with Gasteiger partial charge in [-0.2, -0.15) is 0 Å². The molecule has 0 radical (unpaired) electrons. The molecule has 2 aromatic rings. The number of rotatable bonds is 3. The van der Waals surface area contributed by atoms with Gasteiger partial charge in [-0.3, -0.25) is 0 Å². The van der Waals surface area contributed by atoms with E-state index in [9.17, 15) is 0 Å². The van der Waals surface area contributed by atoms with Crippen molar-refractivity contribution in [3.63, 3.8) is 0 Å². The summed E-state index contributed by atoms with van der Waals surface area (Å²) in [5, 5.41) is 0. The van der Waals surface area contributed by atoms with E-state index in [1.54, 1.807) is 0 Å². The van der Waals surface area contributed by atoms with Gasteiger partial charge < -0.3 is 16.2 Å². The van der Waals surface area contributed by atoms with Crippen molar-refractivity contribution in [3.05, 3.63) is 53.6 Å². The Balaban J connectivity index is 1.82. The standard InChI is InChI=1S/C17H19N3O/c18-17(19)20-11-12-3-5-13(6-4-12)14-7-8-16-15(10-14)2-1-9-21-16/h3-8,10H,1-2,9,11H2,(H4,18,19,20). The van der Waals surface area contributed by atoms with Crippen molar-refractivity contribution in [2.75, 3.05) is 6.61 Å². The second kappa shape index (κ2) is 5.87. The Bertz CT molecular complexity index is 658. The average Bonchev–Trinajstić information content (AvgIpc) is 2.53. The molecule has 3 rings (SSSR count). The molecule has 4 nitrogen and oxygen atoms in total. The van der Waals surface area contributed by atoms with E-state index in [4.69, 9.17) is 16.2 Å². The molecule has 0 amide bonds. The van der Waals surface area contributed by atoms with Gasteiger partial charge in [-0.05, 0) is 47.2 Å². The van der Waals surface area contributed by atoms with Crippen LogP contribution in [0.1, 0.15) is 17.5 Å². The number of hydrogen-bond acceptors (Lipinski definition) is 2. The Kier molecular flexibility index (Phi) is 3.77. The number of nitrogens with two attached hydrogens (primary N) is 2. The van der Waals surface area contributed by atoms with Crippen molar-refractivity contribution in [2.24, 2.45) is 16.5 Å². The number of aliphatic imine (C=N–C) groups is 1. The van der Waals surface area contributed by atoms with Gasteiger partial charge in [-0.25, -0.2) is 4.99 Å². The van der Waals surface area contributed by atoms with Crippen LogP contribution in [0.15, 0.2) is 47.5 Å². The van der Waals surface area contributed by atoms with E-state index in [1.807, 2.05) is 0 Å². The minimum absolute atomic E-state index is 0.119. The third kappa shape index (κ3) is 3.16. The monoisotopic (exact) mass is 281 g/mol. The van der Waals surface area contributed by atoms with Crippen LogP contribution in [0.25, 0.3) is 11.1 Å². The van der Waals surface area contributed by atoms with E-state index >= 15 is 0 Å². The molecule has 1 aliphatic heterocycles. The Morgan fingerprint density at radius 2 is 1.81 bits per heavy atom. The zero-order chi connectivity index (χ0) is 14.7. The highest BCUT2D eigenvalue weighted by molar-refractivity contribution is 5.75. The first-order valence-electron chi connectivity index (χ1n) is 7.13. The minimum Gasteiger partial charge on any atom is -0.493 e. The first-order chi connectivity index (χ1) is 10.2. The molecule has 1 heterocycles. The summed E-state index contributed by atoms with van der Waals surface area (Å²) in [6.07, 6.45) is 2.18. The van der Waals surface area contributed by atoms with Crippen LogP contribution in [0.2, 0.25) is 0 Å². The molecule has 0 saturated carbocycles. The molecule has 108 valence electrons. The molecule has 1 aliphatic rings. The molecule has 0 fully saturated rings. The first-order valence-corrected chi connectivity index (χ1v) is 7.13. The molecule has 0 atom stereocenters. The molecule has 0 bridgehead atoms.